The zero-order valence-electron chi connectivity index (χ0n) is 9.69. The standard InChI is InChI=1S/C12H19O2P/c1-4-11-6-8-12(9-7-11)10-15(13-3)14-5-2/h6-9H,4-5,10H2,1-3H3. The number of aryl methyl sites for hydroxylation is 1. The first kappa shape index (κ1) is 12.6. The summed E-state index contributed by atoms with van der Waals surface area (Å²) in [6, 6.07) is 8.66. The average Bonchev–Trinajstić information content (AvgIpc) is 2.29. The average molecular weight is 226 g/mol. The normalized spacial score (nSPS) is 12.7. The fourth-order valence-electron chi connectivity index (χ4n) is 1.34. The summed E-state index contributed by atoms with van der Waals surface area (Å²) < 4.78 is 10.8. The van der Waals surface area contributed by atoms with Crippen molar-refractivity contribution in [3.63, 3.8) is 0 Å². The van der Waals surface area contributed by atoms with Gasteiger partial charge in [0, 0.05) is 13.3 Å². The Morgan fingerprint density at radius 3 is 2.13 bits per heavy atom. The first-order chi connectivity index (χ1) is 7.30. The van der Waals surface area contributed by atoms with Gasteiger partial charge in [-0.15, -0.1) is 0 Å². The van der Waals surface area contributed by atoms with Crippen LogP contribution in [0.2, 0.25) is 0 Å². The van der Waals surface area contributed by atoms with E-state index in [0.29, 0.717) is 6.61 Å². The van der Waals surface area contributed by atoms with Crippen molar-refractivity contribution >= 4 is 8.38 Å². The third-order valence-electron chi connectivity index (χ3n) is 2.22. The van der Waals surface area contributed by atoms with Crippen molar-refractivity contribution in [1.29, 1.82) is 0 Å². The quantitative estimate of drug-likeness (QED) is 0.688. The highest BCUT2D eigenvalue weighted by Gasteiger charge is 2.08. The molecule has 0 aromatic heterocycles. The molecule has 0 N–H and O–H groups in total. The second-order valence-electron chi connectivity index (χ2n) is 3.26. The minimum Gasteiger partial charge on any atom is -0.337 e. The van der Waals surface area contributed by atoms with E-state index in [0.717, 1.165) is 12.6 Å². The number of benzene rings is 1. The molecule has 0 aliphatic rings. The van der Waals surface area contributed by atoms with Crippen molar-refractivity contribution in [3.8, 4) is 0 Å². The predicted octanol–water partition coefficient (Wildman–Crippen LogP) is 3.74. The topological polar surface area (TPSA) is 18.5 Å². The lowest BCUT2D eigenvalue weighted by Gasteiger charge is -2.13. The van der Waals surface area contributed by atoms with Crippen LogP contribution in [0.3, 0.4) is 0 Å². The van der Waals surface area contributed by atoms with Crippen LogP contribution in [0.5, 0.6) is 0 Å². The summed E-state index contributed by atoms with van der Waals surface area (Å²) in [5.41, 5.74) is 2.66. The molecular weight excluding hydrogens is 207 g/mol. The third-order valence-corrected chi connectivity index (χ3v) is 3.80. The summed E-state index contributed by atoms with van der Waals surface area (Å²) in [4.78, 5) is 0. The van der Waals surface area contributed by atoms with Crippen molar-refractivity contribution in [1.82, 2.24) is 0 Å². The smallest absolute Gasteiger partial charge is 0.174 e. The van der Waals surface area contributed by atoms with Gasteiger partial charge in [-0.1, -0.05) is 31.2 Å². The summed E-state index contributed by atoms with van der Waals surface area (Å²) >= 11 is 0. The molecule has 15 heavy (non-hydrogen) atoms. The predicted molar refractivity (Wildman–Crippen MR) is 65.1 cm³/mol. The van der Waals surface area contributed by atoms with Crippen molar-refractivity contribution < 1.29 is 9.05 Å². The van der Waals surface area contributed by atoms with E-state index in [-0.39, 0.29) is 0 Å². The van der Waals surface area contributed by atoms with E-state index in [9.17, 15) is 0 Å². The highest BCUT2D eigenvalue weighted by atomic mass is 31.2. The van der Waals surface area contributed by atoms with Crippen LogP contribution < -0.4 is 0 Å². The zero-order chi connectivity index (χ0) is 11.1. The molecule has 1 unspecified atom stereocenters. The van der Waals surface area contributed by atoms with Gasteiger partial charge in [0.1, 0.15) is 0 Å². The van der Waals surface area contributed by atoms with Gasteiger partial charge in [0.25, 0.3) is 0 Å². The molecule has 0 fully saturated rings. The molecular formula is C12H19O2P. The molecule has 84 valence electrons. The Labute approximate surface area is 93.5 Å². The van der Waals surface area contributed by atoms with Crippen LogP contribution in [0.1, 0.15) is 25.0 Å². The van der Waals surface area contributed by atoms with E-state index < -0.39 is 8.38 Å². The lowest BCUT2D eigenvalue weighted by Crippen LogP contribution is -1.92. The molecule has 1 rings (SSSR count). The van der Waals surface area contributed by atoms with E-state index in [4.69, 9.17) is 9.05 Å². The van der Waals surface area contributed by atoms with E-state index in [1.54, 1.807) is 7.11 Å². The Hall–Kier alpha value is -0.430. The van der Waals surface area contributed by atoms with Gasteiger partial charge in [0.05, 0.1) is 6.61 Å². The highest BCUT2D eigenvalue weighted by molar-refractivity contribution is 7.46. The van der Waals surface area contributed by atoms with E-state index in [2.05, 4.69) is 31.2 Å². The molecule has 0 amide bonds. The molecule has 0 aliphatic heterocycles. The van der Waals surface area contributed by atoms with Gasteiger partial charge in [0.2, 0.25) is 0 Å². The maximum absolute atomic E-state index is 5.49. The Bertz CT molecular complexity index is 271. The molecule has 0 saturated heterocycles. The van der Waals surface area contributed by atoms with E-state index >= 15 is 0 Å². The highest BCUT2D eigenvalue weighted by Crippen LogP contribution is 2.40. The molecule has 2 nitrogen and oxygen atoms in total. The Balaban J connectivity index is 2.55. The maximum Gasteiger partial charge on any atom is 0.174 e. The van der Waals surface area contributed by atoms with Gasteiger partial charge < -0.3 is 9.05 Å². The van der Waals surface area contributed by atoms with Crippen molar-refractivity contribution in [2.75, 3.05) is 13.7 Å². The summed E-state index contributed by atoms with van der Waals surface area (Å²) in [5.74, 6) is 0. The Kier molecular flexibility index (Phi) is 5.85. The molecule has 0 radical (unpaired) electrons. The number of rotatable bonds is 6. The second-order valence-corrected chi connectivity index (χ2v) is 4.87. The fraction of sp³-hybridized carbons (Fsp3) is 0.500. The molecule has 0 saturated carbocycles. The second kappa shape index (κ2) is 6.95. The molecule has 3 heteroatoms. The summed E-state index contributed by atoms with van der Waals surface area (Å²) in [7, 11) is 0.961. The molecule has 1 aromatic rings. The number of hydrogen-bond acceptors (Lipinski definition) is 2. The SMILES string of the molecule is CCOP(Cc1ccc(CC)cc1)OC. The summed E-state index contributed by atoms with van der Waals surface area (Å²) in [6.07, 6.45) is 1.97. The van der Waals surface area contributed by atoms with Gasteiger partial charge in [-0.3, -0.25) is 0 Å². The maximum atomic E-state index is 5.49. The first-order valence-corrected chi connectivity index (χ1v) is 6.68. The minimum atomic E-state index is -0.749. The third kappa shape index (κ3) is 4.29. The first-order valence-electron chi connectivity index (χ1n) is 5.32. The van der Waals surface area contributed by atoms with Gasteiger partial charge in [-0.25, -0.2) is 0 Å². The Morgan fingerprint density at radius 2 is 1.67 bits per heavy atom. The minimum absolute atomic E-state index is 0.715. The molecule has 0 heterocycles. The van der Waals surface area contributed by atoms with Gasteiger partial charge >= 0.3 is 0 Å². The van der Waals surface area contributed by atoms with Gasteiger partial charge in [0.15, 0.2) is 8.38 Å². The van der Waals surface area contributed by atoms with Crippen LogP contribution in [-0.4, -0.2) is 13.7 Å². The zero-order valence-corrected chi connectivity index (χ0v) is 10.6. The van der Waals surface area contributed by atoms with Crippen LogP contribution >= 0.6 is 8.38 Å². The van der Waals surface area contributed by atoms with Crippen LogP contribution in [-0.2, 0) is 21.6 Å². The van der Waals surface area contributed by atoms with E-state index in [1.807, 2.05) is 6.92 Å². The monoisotopic (exact) mass is 226 g/mol. The lowest BCUT2D eigenvalue weighted by molar-refractivity contribution is 0.297. The van der Waals surface area contributed by atoms with Gasteiger partial charge in [-0.05, 0) is 24.5 Å². The molecule has 0 aliphatic carbocycles. The number of hydrogen-bond donors (Lipinski definition) is 0. The van der Waals surface area contributed by atoms with Crippen LogP contribution in [0.4, 0.5) is 0 Å². The summed E-state index contributed by atoms with van der Waals surface area (Å²) in [6.45, 7) is 4.87. The Morgan fingerprint density at radius 1 is 1.07 bits per heavy atom. The van der Waals surface area contributed by atoms with E-state index in [1.165, 1.54) is 11.1 Å². The molecule has 0 spiro atoms. The van der Waals surface area contributed by atoms with Crippen LogP contribution in [0.15, 0.2) is 24.3 Å². The largest absolute Gasteiger partial charge is 0.337 e. The van der Waals surface area contributed by atoms with Gasteiger partial charge in [-0.2, -0.15) is 0 Å². The summed E-state index contributed by atoms with van der Waals surface area (Å²) in [5, 5.41) is 0. The van der Waals surface area contributed by atoms with Crippen molar-refractivity contribution in [2.24, 2.45) is 0 Å². The lowest BCUT2D eigenvalue weighted by atomic mass is 10.1. The van der Waals surface area contributed by atoms with Crippen LogP contribution in [0.25, 0.3) is 0 Å². The molecule has 1 atom stereocenters. The van der Waals surface area contributed by atoms with Crippen molar-refractivity contribution in [2.45, 2.75) is 26.4 Å². The fourth-order valence-corrected chi connectivity index (χ4v) is 2.46. The molecule has 1 aromatic carbocycles. The molecule has 0 bridgehead atoms. The van der Waals surface area contributed by atoms with Crippen LogP contribution in [0, 0.1) is 0 Å². The van der Waals surface area contributed by atoms with Crippen molar-refractivity contribution in [3.05, 3.63) is 35.4 Å².